The maximum absolute atomic E-state index is 12.7. The molecule has 1 aromatic heterocycles. The molecule has 0 aromatic carbocycles. The first kappa shape index (κ1) is 16.5. The highest BCUT2D eigenvalue weighted by molar-refractivity contribution is 5.61. The number of nitrogens with one attached hydrogen (secondary N) is 1. The van der Waals surface area contributed by atoms with Gasteiger partial charge in [0.25, 0.3) is 0 Å². The van der Waals surface area contributed by atoms with Crippen LogP contribution in [0.15, 0.2) is 12.3 Å². The van der Waals surface area contributed by atoms with E-state index >= 15 is 0 Å². The number of pyridine rings is 1. The van der Waals surface area contributed by atoms with Gasteiger partial charge in [-0.25, -0.2) is 4.98 Å². The molecule has 1 heterocycles. The highest BCUT2D eigenvalue weighted by atomic mass is 19.4. The van der Waals surface area contributed by atoms with Crippen LogP contribution >= 0.6 is 0 Å². The lowest BCUT2D eigenvalue weighted by Gasteiger charge is -2.33. The predicted molar refractivity (Wildman–Crippen MR) is 74.4 cm³/mol. The van der Waals surface area contributed by atoms with Crippen molar-refractivity contribution in [2.75, 3.05) is 11.9 Å². The molecule has 0 aliphatic heterocycles. The molecule has 0 atom stereocenters. The minimum Gasteiger partial charge on any atom is -0.378 e. The lowest BCUT2D eigenvalue weighted by molar-refractivity contribution is -0.384. The Balaban J connectivity index is 2.21. The highest BCUT2D eigenvalue weighted by Crippen LogP contribution is 2.34. The van der Waals surface area contributed by atoms with Crippen LogP contribution in [-0.4, -0.2) is 22.0 Å². The number of hydrogen-bond donors (Lipinski definition) is 2. The molecule has 3 N–H and O–H groups in total. The van der Waals surface area contributed by atoms with Crippen molar-refractivity contribution in [2.24, 2.45) is 5.73 Å². The number of rotatable bonds is 4. The third-order valence-electron chi connectivity index (χ3n) is 3.85. The average Bonchev–Trinajstić information content (AvgIpc) is 2.44. The van der Waals surface area contributed by atoms with Crippen LogP contribution in [0.1, 0.15) is 37.8 Å². The second-order valence-corrected chi connectivity index (χ2v) is 5.62. The number of aromatic nitrogens is 1. The van der Waals surface area contributed by atoms with Gasteiger partial charge in [-0.05, 0) is 18.9 Å². The molecule has 1 aromatic rings. The van der Waals surface area contributed by atoms with Crippen molar-refractivity contribution in [2.45, 2.75) is 43.8 Å². The highest BCUT2D eigenvalue weighted by Gasteiger charge is 2.35. The van der Waals surface area contributed by atoms with Crippen molar-refractivity contribution in [3.63, 3.8) is 0 Å². The second kappa shape index (κ2) is 6.07. The quantitative estimate of drug-likeness (QED) is 0.657. The van der Waals surface area contributed by atoms with Crippen LogP contribution in [0.25, 0.3) is 0 Å². The summed E-state index contributed by atoms with van der Waals surface area (Å²) in [5, 5.41) is 13.6. The summed E-state index contributed by atoms with van der Waals surface area (Å²) in [6.45, 7) is 0.190. The Labute approximate surface area is 125 Å². The van der Waals surface area contributed by atoms with E-state index < -0.39 is 28.0 Å². The summed E-state index contributed by atoms with van der Waals surface area (Å²) >= 11 is 0. The first-order chi connectivity index (χ1) is 10.2. The lowest BCUT2D eigenvalue weighted by atomic mass is 9.82. The maximum Gasteiger partial charge on any atom is 0.433 e. The zero-order valence-corrected chi connectivity index (χ0v) is 11.8. The van der Waals surface area contributed by atoms with Crippen LogP contribution in [0, 0.1) is 10.1 Å². The SMILES string of the molecule is NC1(CNc2cc(C(F)(F)F)ncc2[N+](=O)[O-])CCCCC1. The van der Waals surface area contributed by atoms with Crippen molar-refractivity contribution in [3.8, 4) is 0 Å². The van der Waals surface area contributed by atoms with Gasteiger partial charge in [0.1, 0.15) is 17.6 Å². The molecule has 22 heavy (non-hydrogen) atoms. The monoisotopic (exact) mass is 318 g/mol. The first-order valence-electron chi connectivity index (χ1n) is 6.96. The van der Waals surface area contributed by atoms with Gasteiger partial charge in [0, 0.05) is 12.1 Å². The van der Waals surface area contributed by atoms with Crippen molar-refractivity contribution in [3.05, 3.63) is 28.1 Å². The summed E-state index contributed by atoms with van der Waals surface area (Å²) < 4.78 is 38.1. The number of nitrogens with zero attached hydrogens (tertiary/aromatic N) is 2. The largest absolute Gasteiger partial charge is 0.433 e. The van der Waals surface area contributed by atoms with E-state index in [2.05, 4.69) is 10.3 Å². The Morgan fingerprint density at radius 2 is 2.00 bits per heavy atom. The fraction of sp³-hybridized carbons (Fsp3) is 0.615. The lowest BCUT2D eigenvalue weighted by Crippen LogP contribution is -2.47. The van der Waals surface area contributed by atoms with Crippen LogP contribution < -0.4 is 11.1 Å². The molecule has 1 fully saturated rings. The standard InChI is InChI=1S/C13H17F3N4O2/c14-13(15,16)11-6-9(10(7-18-11)20(21)22)19-8-12(17)4-2-1-3-5-12/h6-7H,1-5,8,17H2,(H,18,19). The van der Waals surface area contributed by atoms with Crippen LogP contribution in [0.5, 0.6) is 0 Å². The zero-order chi connectivity index (χ0) is 16.4. The normalized spacial score (nSPS) is 18.0. The Morgan fingerprint density at radius 3 is 2.55 bits per heavy atom. The van der Waals surface area contributed by atoms with E-state index in [9.17, 15) is 23.3 Å². The molecular formula is C13H17F3N4O2. The van der Waals surface area contributed by atoms with Gasteiger partial charge in [0.2, 0.25) is 0 Å². The summed E-state index contributed by atoms with van der Waals surface area (Å²) in [7, 11) is 0. The van der Waals surface area contributed by atoms with Crippen LogP contribution in [0.4, 0.5) is 24.5 Å². The van der Waals surface area contributed by atoms with Gasteiger partial charge in [-0.3, -0.25) is 10.1 Å². The smallest absolute Gasteiger partial charge is 0.378 e. The summed E-state index contributed by atoms with van der Waals surface area (Å²) in [6, 6.07) is 0.657. The molecule has 0 spiro atoms. The Hall–Kier alpha value is -1.90. The third kappa shape index (κ3) is 3.85. The molecule has 0 amide bonds. The van der Waals surface area contributed by atoms with Gasteiger partial charge >= 0.3 is 11.9 Å². The Kier molecular flexibility index (Phi) is 4.55. The number of anilines is 1. The summed E-state index contributed by atoms with van der Waals surface area (Å²) in [4.78, 5) is 13.3. The summed E-state index contributed by atoms with van der Waals surface area (Å²) in [5.74, 6) is 0. The van der Waals surface area contributed by atoms with E-state index in [4.69, 9.17) is 5.73 Å². The van der Waals surface area contributed by atoms with Crippen molar-refractivity contribution >= 4 is 11.4 Å². The summed E-state index contributed by atoms with van der Waals surface area (Å²) in [5.41, 5.74) is 3.77. The Morgan fingerprint density at radius 1 is 1.36 bits per heavy atom. The van der Waals surface area contributed by atoms with Crippen molar-refractivity contribution < 1.29 is 18.1 Å². The predicted octanol–water partition coefficient (Wildman–Crippen LogP) is 3.08. The van der Waals surface area contributed by atoms with Crippen molar-refractivity contribution in [1.29, 1.82) is 0 Å². The molecule has 1 aliphatic carbocycles. The average molecular weight is 318 g/mol. The van der Waals surface area contributed by atoms with E-state index in [1.165, 1.54) is 0 Å². The molecular weight excluding hydrogens is 301 g/mol. The molecule has 0 unspecified atom stereocenters. The number of nitro groups is 1. The van der Waals surface area contributed by atoms with Crippen molar-refractivity contribution in [1.82, 2.24) is 4.98 Å². The third-order valence-corrected chi connectivity index (χ3v) is 3.85. The van der Waals surface area contributed by atoms with Crippen LogP contribution in [0.3, 0.4) is 0 Å². The van der Waals surface area contributed by atoms with Gasteiger partial charge < -0.3 is 11.1 Å². The maximum atomic E-state index is 12.7. The Bertz CT molecular complexity index is 557. The van der Waals surface area contributed by atoms with Gasteiger partial charge in [0.05, 0.1) is 4.92 Å². The molecule has 2 rings (SSSR count). The number of halogens is 3. The van der Waals surface area contributed by atoms with Gasteiger partial charge in [-0.2, -0.15) is 13.2 Å². The van der Waals surface area contributed by atoms with Gasteiger partial charge in [0.15, 0.2) is 0 Å². The topological polar surface area (TPSA) is 94.1 Å². The van der Waals surface area contributed by atoms with Crippen LogP contribution in [0.2, 0.25) is 0 Å². The van der Waals surface area contributed by atoms with Gasteiger partial charge in [-0.15, -0.1) is 0 Å². The van der Waals surface area contributed by atoms with E-state index in [1.54, 1.807) is 0 Å². The van der Waals surface area contributed by atoms with E-state index in [-0.39, 0.29) is 12.2 Å². The molecule has 6 nitrogen and oxygen atoms in total. The molecule has 0 bridgehead atoms. The molecule has 122 valence electrons. The first-order valence-corrected chi connectivity index (χ1v) is 6.96. The summed E-state index contributed by atoms with van der Waals surface area (Å²) in [6.07, 6.45) is 0.420. The zero-order valence-electron chi connectivity index (χ0n) is 11.8. The minimum absolute atomic E-state index is 0.190. The fourth-order valence-electron chi connectivity index (χ4n) is 2.59. The molecule has 1 aliphatic rings. The number of alkyl halides is 3. The minimum atomic E-state index is -4.66. The van der Waals surface area contributed by atoms with E-state index in [0.717, 1.165) is 32.1 Å². The molecule has 9 heteroatoms. The van der Waals surface area contributed by atoms with Gasteiger partial charge in [-0.1, -0.05) is 19.3 Å². The molecule has 0 saturated heterocycles. The van der Waals surface area contributed by atoms with E-state index in [0.29, 0.717) is 12.3 Å². The van der Waals surface area contributed by atoms with E-state index in [1.807, 2.05) is 0 Å². The second-order valence-electron chi connectivity index (χ2n) is 5.62. The number of hydrogen-bond acceptors (Lipinski definition) is 5. The number of nitrogens with two attached hydrogens (primary N) is 1. The molecule has 1 saturated carbocycles. The molecule has 0 radical (unpaired) electrons. The van der Waals surface area contributed by atoms with Crippen LogP contribution in [-0.2, 0) is 6.18 Å². The fourth-order valence-corrected chi connectivity index (χ4v) is 2.59.